The number of rotatable bonds is 1. The van der Waals surface area contributed by atoms with Gasteiger partial charge in [0.05, 0.1) is 11.5 Å². The van der Waals surface area contributed by atoms with Crippen molar-refractivity contribution in [2.24, 2.45) is 0 Å². The number of hydrogen-bond donors (Lipinski definition) is 0. The highest BCUT2D eigenvalue weighted by atomic mass is 32.1. The standard InChI is InChI=1S/C26H22FN3O2S/c27-15-11-9-14(10-12-15)21-17(13-28)24-29-25(32)22-16-5-2-1-3-8-20(16)33-26(22)30(24)18-6-4-7-19(31)23(18)21/h9-12,17,21H,1-8H2. The number of fused-ring (bicyclic) bond motifs is 6. The Kier molecular flexibility index (Phi) is 4.81. The molecule has 2 atom stereocenters. The molecule has 5 nitrogen and oxygen atoms in total. The molecule has 1 aliphatic heterocycles. The van der Waals surface area contributed by atoms with E-state index in [0.717, 1.165) is 54.6 Å². The van der Waals surface area contributed by atoms with Crippen LogP contribution in [0.1, 0.15) is 72.2 Å². The number of carbonyl (C=O) groups excluding carboxylic acids is 1. The predicted octanol–water partition coefficient (Wildman–Crippen LogP) is 5.23. The molecular formula is C26H22FN3O2S. The third-order valence-corrected chi connectivity index (χ3v) is 8.53. The Morgan fingerprint density at radius 3 is 2.61 bits per heavy atom. The quantitative estimate of drug-likeness (QED) is 0.467. The summed E-state index contributed by atoms with van der Waals surface area (Å²) in [7, 11) is 0. The average Bonchev–Trinajstić information content (AvgIpc) is 3.02. The highest BCUT2D eigenvalue weighted by molar-refractivity contribution is 7.19. The molecule has 0 saturated heterocycles. The fourth-order valence-electron chi connectivity index (χ4n) is 5.80. The largest absolute Gasteiger partial charge is 0.294 e. The van der Waals surface area contributed by atoms with Crippen LogP contribution >= 0.6 is 11.3 Å². The van der Waals surface area contributed by atoms with Gasteiger partial charge in [0.25, 0.3) is 5.56 Å². The van der Waals surface area contributed by atoms with Gasteiger partial charge in [0.15, 0.2) is 5.78 Å². The Morgan fingerprint density at radius 1 is 1.03 bits per heavy atom. The molecule has 2 unspecified atom stereocenters. The number of nitrogens with zero attached hydrogens (tertiary/aromatic N) is 3. The second kappa shape index (κ2) is 7.74. The number of hydrogen-bond acceptors (Lipinski definition) is 5. The van der Waals surface area contributed by atoms with Gasteiger partial charge in [-0.15, -0.1) is 11.3 Å². The van der Waals surface area contributed by atoms with Gasteiger partial charge in [-0.05, 0) is 61.8 Å². The van der Waals surface area contributed by atoms with Gasteiger partial charge in [0.1, 0.15) is 22.4 Å². The molecule has 3 aliphatic rings. The molecule has 2 aliphatic carbocycles. The minimum absolute atomic E-state index is 0.0291. The second-order valence-corrected chi connectivity index (χ2v) is 10.2. The first-order chi connectivity index (χ1) is 16.1. The molecule has 33 heavy (non-hydrogen) atoms. The summed E-state index contributed by atoms with van der Waals surface area (Å²) < 4.78 is 15.6. The third kappa shape index (κ3) is 3.04. The lowest BCUT2D eigenvalue weighted by atomic mass is 9.73. The fraction of sp³-hybridized carbons (Fsp3) is 0.385. The molecule has 166 valence electrons. The Bertz CT molecular complexity index is 1440. The number of aromatic nitrogens is 2. The maximum Gasteiger partial charge on any atom is 0.282 e. The average molecular weight is 460 g/mol. The van der Waals surface area contributed by atoms with Crippen molar-refractivity contribution in [2.45, 2.75) is 63.2 Å². The number of thiophene rings is 1. The molecule has 3 aromatic rings. The summed E-state index contributed by atoms with van der Waals surface area (Å²) in [5.74, 6) is -1.28. The summed E-state index contributed by atoms with van der Waals surface area (Å²) in [6, 6.07) is 8.32. The normalized spacial score (nSPS) is 22.4. The number of ketones is 1. The molecule has 7 heteroatoms. The number of halogens is 1. The Hall–Kier alpha value is -3.11. The minimum Gasteiger partial charge on any atom is -0.294 e. The van der Waals surface area contributed by atoms with Crippen LogP contribution in [0.2, 0.25) is 0 Å². The van der Waals surface area contributed by atoms with Crippen molar-refractivity contribution in [3.8, 4) is 6.07 Å². The second-order valence-electron chi connectivity index (χ2n) is 9.13. The fourth-order valence-corrected chi connectivity index (χ4v) is 7.21. The lowest BCUT2D eigenvalue weighted by Gasteiger charge is -2.36. The molecule has 0 amide bonds. The van der Waals surface area contributed by atoms with Gasteiger partial charge in [0, 0.05) is 28.5 Å². The van der Waals surface area contributed by atoms with E-state index in [2.05, 4.69) is 11.1 Å². The molecule has 1 aromatic carbocycles. The van der Waals surface area contributed by atoms with Crippen LogP contribution in [0.4, 0.5) is 4.39 Å². The van der Waals surface area contributed by atoms with Gasteiger partial charge in [-0.1, -0.05) is 18.6 Å². The van der Waals surface area contributed by atoms with Crippen LogP contribution in [0.25, 0.3) is 15.9 Å². The zero-order valence-electron chi connectivity index (χ0n) is 18.1. The van der Waals surface area contributed by atoms with Crippen molar-refractivity contribution in [3.05, 3.63) is 67.8 Å². The van der Waals surface area contributed by atoms with Crippen molar-refractivity contribution < 1.29 is 9.18 Å². The molecule has 3 heterocycles. The minimum atomic E-state index is -0.796. The number of allylic oxidation sites excluding steroid dienone is 2. The van der Waals surface area contributed by atoms with E-state index in [0.29, 0.717) is 35.2 Å². The van der Waals surface area contributed by atoms with Gasteiger partial charge in [0.2, 0.25) is 0 Å². The number of carbonyl (C=O) groups is 1. The summed E-state index contributed by atoms with van der Waals surface area (Å²) in [6.07, 6.45) is 6.98. The van der Waals surface area contributed by atoms with Crippen LogP contribution in [0.15, 0.2) is 34.6 Å². The van der Waals surface area contributed by atoms with Gasteiger partial charge in [-0.25, -0.2) is 4.39 Å². The molecular weight excluding hydrogens is 437 g/mol. The maximum atomic E-state index is 13.6. The lowest BCUT2D eigenvalue weighted by molar-refractivity contribution is -0.116. The van der Waals surface area contributed by atoms with E-state index in [9.17, 15) is 19.2 Å². The topological polar surface area (TPSA) is 75.8 Å². The summed E-state index contributed by atoms with van der Waals surface area (Å²) in [4.78, 5) is 33.1. The predicted molar refractivity (Wildman–Crippen MR) is 125 cm³/mol. The zero-order chi connectivity index (χ0) is 22.7. The monoisotopic (exact) mass is 459 g/mol. The van der Waals surface area contributed by atoms with Crippen LogP contribution in [0, 0.1) is 17.1 Å². The SMILES string of the molecule is N#CC1c2nc(=O)c3c4c(sc3n2C2=C(C(=O)CCC2)C1c1ccc(F)cc1)CCCCC4. The van der Waals surface area contributed by atoms with E-state index in [4.69, 9.17) is 0 Å². The Labute approximate surface area is 194 Å². The molecule has 0 fully saturated rings. The van der Waals surface area contributed by atoms with Gasteiger partial charge < -0.3 is 0 Å². The van der Waals surface area contributed by atoms with Gasteiger partial charge in [-0.2, -0.15) is 10.2 Å². The van der Waals surface area contributed by atoms with E-state index in [-0.39, 0.29) is 17.2 Å². The molecule has 2 aromatic heterocycles. The van der Waals surface area contributed by atoms with E-state index >= 15 is 0 Å². The molecule has 0 N–H and O–H groups in total. The molecule has 0 spiro atoms. The van der Waals surface area contributed by atoms with E-state index in [1.165, 1.54) is 17.0 Å². The smallest absolute Gasteiger partial charge is 0.282 e. The first-order valence-electron chi connectivity index (χ1n) is 11.6. The maximum absolute atomic E-state index is 13.6. The Balaban J connectivity index is 1.69. The first kappa shape index (κ1) is 20.5. The van der Waals surface area contributed by atoms with Crippen molar-refractivity contribution in [3.63, 3.8) is 0 Å². The van der Waals surface area contributed by atoms with E-state index < -0.39 is 11.8 Å². The van der Waals surface area contributed by atoms with Gasteiger partial charge in [-0.3, -0.25) is 14.2 Å². The molecule has 0 radical (unpaired) electrons. The van der Waals surface area contributed by atoms with Crippen molar-refractivity contribution in [1.82, 2.24) is 9.55 Å². The van der Waals surface area contributed by atoms with Crippen molar-refractivity contribution in [1.29, 1.82) is 5.26 Å². The third-order valence-electron chi connectivity index (χ3n) is 7.25. The molecule has 0 bridgehead atoms. The molecule has 6 rings (SSSR count). The number of benzene rings is 1. The zero-order valence-corrected chi connectivity index (χ0v) is 18.9. The van der Waals surface area contributed by atoms with Crippen molar-refractivity contribution in [2.75, 3.05) is 0 Å². The van der Waals surface area contributed by atoms with E-state index in [1.807, 2.05) is 4.57 Å². The van der Waals surface area contributed by atoms with Gasteiger partial charge >= 0.3 is 0 Å². The van der Waals surface area contributed by atoms with Crippen molar-refractivity contribution >= 4 is 33.0 Å². The molecule has 0 saturated carbocycles. The summed E-state index contributed by atoms with van der Waals surface area (Å²) in [6.45, 7) is 0. The summed E-state index contributed by atoms with van der Waals surface area (Å²) in [5.41, 5.74) is 3.02. The van der Waals surface area contributed by atoms with Crippen LogP contribution in [0.5, 0.6) is 0 Å². The first-order valence-corrected chi connectivity index (χ1v) is 12.4. The lowest BCUT2D eigenvalue weighted by Crippen LogP contribution is -2.33. The number of nitriles is 1. The van der Waals surface area contributed by atoms with E-state index in [1.54, 1.807) is 23.5 Å². The summed E-state index contributed by atoms with van der Waals surface area (Å²) >= 11 is 1.63. The Morgan fingerprint density at radius 2 is 1.82 bits per heavy atom. The highest BCUT2D eigenvalue weighted by Gasteiger charge is 2.43. The summed E-state index contributed by atoms with van der Waals surface area (Å²) in [5, 5.41) is 10.9. The van der Waals surface area contributed by atoms with Crippen LogP contribution in [-0.2, 0) is 17.6 Å². The number of Topliss-reactive ketones (excluding diaryl/α,β-unsaturated/α-hetero) is 1. The van der Waals surface area contributed by atoms with Crippen LogP contribution < -0.4 is 5.56 Å². The number of aryl methyl sites for hydroxylation is 2. The highest BCUT2D eigenvalue weighted by Crippen LogP contribution is 2.49. The van der Waals surface area contributed by atoms with Crippen LogP contribution in [-0.4, -0.2) is 15.3 Å². The van der Waals surface area contributed by atoms with Crippen LogP contribution in [0.3, 0.4) is 0 Å².